The number of fused-ring (bicyclic) bond motifs is 1. The summed E-state index contributed by atoms with van der Waals surface area (Å²) in [6.45, 7) is 0.283. The van der Waals surface area contributed by atoms with E-state index in [0.29, 0.717) is 27.2 Å². The Hall–Kier alpha value is -2.83. The van der Waals surface area contributed by atoms with Gasteiger partial charge in [0.2, 0.25) is 0 Å². The molecule has 4 aromatic rings. The van der Waals surface area contributed by atoms with E-state index in [1.165, 1.54) is 11.3 Å². The molecule has 5 nitrogen and oxygen atoms in total. The number of rotatable bonds is 5. The first-order valence-corrected chi connectivity index (χ1v) is 9.38. The lowest BCUT2D eigenvalue weighted by atomic mass is 10.2. The van der Waals surface area contributed by atoms with Crippen LogP contribution in [0.2, 0.25) is 5.02 Å². The van der Waals surface area contributed by atoms with Crippen LogP contribution in [0.25, 0.3) is 10.2 Å². The second-order valence-corrected chi connectivity index (χ2v) is 7.25. The molecule has 0 fully saturated rings. The molecular weight excluding hydrogens is 384 g/mol. The van der Waals surface area contributed by atoms with E-state index < -0.39 is 0 Å². The average molecular weight is 399 g/mol. The summed E-state index contributed by atoms with van der Waals surface area (Å²) in [5.41, 5.74) is 1.34. The van der Waals surface area contributed by atoms with E-state index in [0.717, 1.165) is 10.2 Å². The quantitative estimate of drug-likeness (QED) is 0.451. The van der Waals surface area contributed by atoms with Crippen molar-refractivity contribution >= 4 is 44.2 Å². The van der Waals surface area contributed by atoms with Crippen LogP contribution in [0.5, 0.6) is 5.75 Å². The third kappa shape index (κ3) is 3.67. The van der Waals surface area contributed by atoms with Gasteiger partial charge in [-0.1, -0.05) is 22.9 Å². The van der Waals surface area contributed by atoms with Gasteiger partial charge in [-0.25, -0.2) is 4.98 Å². The minimum atomic E-state index is -0.167. The number of benzene rings is 2. The van der Waals surface area contributed by atoms with Crippen LogP contribution in [0, 0.1) is 0 Å². The van der Waals surface area contributed by atoms with Gasteiger partial charge in [-0.2, -0.15) is 0 Å². The normalized spacial score (nSPS) is 10.9. The third-order valence-corrected chi connectivity index (χ3v) is 5.32. The van der Waals surface area contributed by atoms with Crippen LogP contribution in [0.4, 0.5) is 5.13 Å². The maximum atomic E-state index is 13.2. The maximum absolute atomic E-state index is 13.2. The van der Waals surface area contributed by atoms with Crippen LogP contribution in [0.1, 0.15) is 16.1 Å². The molecule has 0 radical (unpaired) electrons. The molecular formula is C20H15ClN2O3S. The Balaban J connectivity index is 1.73. The number of ether oxygens (including phenoxy) is 1. The Morgan fingerprint density at radius 2 is 2.04 bits per heavy atom. The summed E-state index contributed by atoms with van der Waals surface area (Å²) in [4.78, 5) is 19.4. The first kappa shape index (κ1) is 17.6. The smallest absolute Gasteiger partial charge is 0.260 e. The molecule has 1 amide bonds. The van der Waals surface area contributed by atoms with Gasteiger partial charge in [-0.05, 0) is 54.6 Å². The van der Waals surface area contributed by atoms with Crippen LogP contribution < -0.4 is 9.64 Å². The van der Waals surface area contributed by atoms with Crippen molar-refractivity contribution in [2.45, 2.75) is 6.54 Å². The highest BCUT2D eigenvalue weighted by Crippen LogP contribution is 2.32. The van der Waals surface area contributed by atoms with Crippen molar-refractivity contribution in [3.05, 3.63) is 77.2 Å². The van der Waals surface area contributed by atoms with Gasteiger partial charge in [0.25, 0.3) is 5.91 Å². The van der Waals surface area contributed by atoms with E-state index in [9.17, 15) is 4.79 Å². The van der Waals surface area contributed by atoms with Crippen LogP contribution >= 0.6 is 22.9 Å². The number of methoxy groups -OCH3 is 1. The first-order valence-electron chi connectivity index (χ1n) is 8.18. The van der Waals surface area contributed by atoms with E-state index in [2.05, 4.69) is 4.98 Å². The van der Waals surface area contributed by atoms with Crippen molar-refractivity contribution in [1.82, 2.24) is 4.98 Å². The second-order valence-electron chi connectivity index (χ2n) is 5.81. The molecule has 136 valence electrons. The Morgan fingerprint density at radius 3 is 2.74 bits per heavy atom. The van der Waals surface area contributed by atoms with Gasteiger partial charge in [0.1, 0.15) is 11.5 Å². The van der Waals surface area contributed by atoms with E-state index in [1.54, 1.807) is 54.7 Å². The molecule has 0 spiro atoms. The monoisotopic (exact) mass is 398 g/mol. The Morgan fingerprint density at radius 1 is 1.22 bits per heavy atom. The lowest BCUT2D eigenvalue weighted by molar-refractivity contribution is 0.0983. The van der Waals surface area contributed by atoms with Gasteiger partial charge in [0, 0.05) is 10.6 Å². The van der Waals surface area contributed by atoms with Gasteiger partial charge < -0.3 is 9.15 Å². The number of hydrogen-bond acceptors (Lipinski definition) is 5. The molecule has 0 unspecified atom stereocenters. The number of anilines is 1. The minimum absolute atomic E-state index is 0.167. The number of thiazole rings is 1. The Kier molecular flexibility index (Phi) is 4.83. The fourth-order valence-corrected chi connectivity index (χ4v) is 3.92. The van der Waals surface area contributed by atoms with E-state index >= 15 is 0 Å². The second kappa shape index (κ2) is 7.42. The number of amides is 1. The SMILES string of the molecule is COc1ccc(C(=O)N(Cc2ccco2)c2nc3ccc(Cl)cc3s2)cc1. The van der Waals surface area contributed by atoms with Crippen molar-refractivity contribution in [3.8, 4) is 5.75 Å². The molecule has 0 bridgehead atoms. The molecule has 0 atom stereocenters. The largest absolute Gasteiger partial charge is 0.497 e. The Bertz CT molecular complexity index is 1070. The number of hydrogen-bond donors (Lipinski definition) is 0. The van der Waals surface area contributed by atoms with Crippen LogP contribution in [-0.4, -0.2) is 18.0 Å². The van der Waals surface area contributed by atoms with Gasteiger partial charge in [-0.3, -0.25) is 9.69 Å². The zero-order valence-corrected chi connectivity index (χ0v) is 16.0. The minimum Gasteiger partial charge on any atom is -0.497 e. The van der Waals surface area contributed by atoms with Crippen molar-refractivity contribution in [2.24, 2.45) is 0 Å². The van der Waals surface area contributed by atoms with Crippen molar-refractivity contribution in [2.75, 3.05) is 12.0 Å². The molecule has 2 heterocycles. The lowest BCUT2D eigenvalue weighted by Gasteiger charge is -2.19. The van der Waals surface area contributed by atoms with Crippen LogP contribution in [0.15, 0.2) is 65.3 Å². The standard InChI is InChI=1S/C20H15ClN2O3S/c1-25-15-7-4-13(5-8-15)19(24)23(12-16-3-2-10-26-16)20-22-17-9-6-14(21)11-18(17)27-20/h2-11H,12H2,1H3. The van der Waals surface area contributed by atoms with Gasteiger partial charge in [0.15, 0.2) is 5.13 Å². The fourth-order valence-electron chi connectivity index (χ4n) is 2.68. The molecule has 0 aliphatic rings. The number of nitrogens with zero attached hydrogens (tertiary/aromatic N) is 2. The van der Waals surface area contributed by atoms with Crippen LogP contribution in [-0.2, 0) is 6.54 Å². The highest BCUT2D eigenvalue weighted by Gasteiger charge is 2.23. The summed E-state index contributed by atoms with van der Waals surface area (Å²) in [6.07, 6.45) is 1.59. The van der Waals surface area contributed by atoms with E-state index in [4.69, 9.17) is 20.8 Å². The van der Waals surface area contributed by atoms with E-state index in [-0.39, 0.29) is 12.5 Å². The summed E-state index contributed by atoms with van der Waals surface area (Å²) in [5, 5.41) is 1.22. The van der Waals surface area contributed by atoms with Crippen molar-refractivity contribution in [3.63, 3.8) is 0 Å². The van der Waals surface area contributed by atoms with Crippen LogP contribution in [0.3, 0.4) is 0 Å². The number of furan rings is 1. The zero-order chi connectivity index (χ0) is 18.8. The Labute approximate surface area is 164 Å². The molecule has 27 heavy (non-hydrogen) atoms. The number of halogens is 1. The van der Waals surface area contributed by atoms with Gasteiger partial charge in [0.05, 0.1) is 30.1 Å². The van der Waals surface area contributed by atoms with Crippen molar-refractivity contribution < 1.29 is 13.9 Å². The summed E-state index contributed by atoms with van der Waals surface area (Å²) in [6, 6.07) is 16.1. The van der Waals surface area contributed by atoms with Crippen molar-refractivity contribution in [1.29, 1.82) is 0 Å². The maximum Gasteiger partial charge on any atom is 0.260 e. The number of carbonyl (C=O) groups is 1. The molecule has 0 N–H and O–H groups in total. The zero-order valence-electron chi connectivity index (χ0n) is 14.4. The van der Waals surface area contributed by atoms with Gasteiger partial charge in [-0.15, -0.1) is 0 Å². The first-order chi connectivity index (χ1) is 13.1. The molecule has 2 aromatic carbocycles. The highest BCUT2D eigenvalue weighted by molar-refractivity contribution is 7.22. The predicted octanol–water partition coefficient (Wildman–Crippen LogP) is 5.40. The lowest BCUT2D eigenvalue weighted by Crippen LogP contribution is -2.30. The number of aromatic nitrogens is 1. The molecule has 2 aromatic heterocycles. The summed E-state index contributed by atoms with van der Waals surface area (Å²) in [5.74, 6) is 1.20. The van der Waals surface area contributed by atoms with E-state index in [1.807, 2.05) is 18.2 Å². The topological polar surface area (TPSA) is 55.6 Å². The van der Waals surface area contributed by atoms with Gasteiger partial charge >= 0.3 is 0 Å². The summed E-state index contributed by atoms with van der Waals surface area (Å²) >= 11 is 7.50. The molecule has 4 rings (SSSR count). The average Bonchev–Trinajstić information content (AvgIpc) is 3.34. The predicted molar refractivity (Wildman–Crippen MR) is 107 cm³/mol. The number of carbonyl (C=O) groups excluding carboxylic acids is 1. The molecule has 0 aliphatic heterocycles. The summed E-state index contributed by atoms with van der Waals surface area (Å²) in [7, 11) is 1.59. The highest BCUT2D eigenvalue weighted by atomic mass is 35.5. The molecule has 7 heteroatoms. The molecule has 0 saturated carbocycles. The summed E-state index contributed by atoms with van der Waals surface area (Å²) < 4.78 is 11.5. The fraction of sp³-hybridized carbons (Fsp3) is 0.100. The molecule has 0 aliphatic carbocycles. The third-order valence-electron chi connectivity index (χ3n) is 4.05. The molecule has 0 saturated heterocycles.